The SMILES string of the molecule is C=C(C)C(=O)OS(=O)(=O)CCCO.[NaH]. The van der Waals surface area contributed by atoms with Gasteiger partial charge in [0, 0.05) is 12.2 Å². The van der Waals surface area contributed by atoms with Gasteiger partial charge in [0.2, 0.25) is 0 Å². The molecule has 0 spiro atoms. The molecule has 0 atom stereocenters. The van der Waals surface area contributed by atoms with Crippen molar-refractivity contribution < 1.29 is 22.5 Å². The van der Waals surface area contributed by atoms with Gasteiger partial charge in [-0.3, -0.25) is 0 Å². The Morgan fingerprint density at radius 2 is 2.00 bits per heavy atom. The van der Waals surface area contributed by atoms with Gasteiger partial charge >= 0.3 is 45.6 Å². The maximum absolute atomic E-state index is 10.9. The van der Waals surface area contributed by atoms with Gasteiger partial charge in [-0.25, -0.2) is 4.79 Å². The minimum atomic E-state index is -3.86. The zero-order chi connectivity index (χ0) is 10.5. The van der Waals surface area contributed by atoms with Gasteiger partial charge in [-0.05, 0) is 13.3 Å². The summed E-state index contributed by atoms with van der Waals surface area (Å²) in [6, 6.07) is 0. The van der Waals surface area contributed by atoms with Gasteiger partial charge in [-0.1, -0.05) is 6.58 Å². The zero-order valence-corrected chi connectivity index (χ0v) is 8.13. The molecule has 0 aromatic carbocycles. The summed E-state index contributed by atoms with van der Waals surface area (Å²) in [5, 5.41) is 8.35. The van der Waals surface area contributed by atoms with Crippen LogP contribution in [0.3, 0.4) is 0 Å². The van der Waals surface area contributed by atoms with Crippen molar-refractivity contribution in [3.8, 4) is 0 Å². The van der Waals surface area contributed by atoms with Crippen LogP contribution in [-0.4, -0.2) is 61.4 Å². The maximum atomic E-state index is 10.9. The summed E-state index contributed by atoms with van der Waals surface area (Å²) in [4.78, 5) is 10.8. The summed E-state index contributed by atoms with van der Waals surface area (Å²) in [5.41, 5.74) is 0.0209. The number of hydrogen-bond donors (Lipinski definition) is 1. The van der Waals surface area contributed by atoms with E-state index >= 15 is 0 Å². The van der Waals surface area contributed by atoms with Crippen LogP contribution in [-0.2, 0) is 19.1 Å². The number of hydrogen-bond acceptors (Lipinski definition) is 5. The Balaban J connectivity index is 0. The number of carbonyl (C=O) groups excluding carboxylic acids is 1. The average Bonchev–Trinajstić information content (AvgIpc) is 2.00. The van der Waals surface area contributed by atoms with Crippen LogP contribution in [0.2, 0.25) is 0 Å². The molecule has 14 heavy (non-hydrogen) atoms. The zero-order valence-electron chi connectivity index (χ0n) is 7.32. The molecule has 0 aliphatic rings. The molecule has 1 N–H and O–H groups in total. The molecule has 0 aliphatic heterocycles. The van der Waals surface area contributed by atoms with Crippen LogP contribution >= 0.6 is 0 Å². The molecular formula is C7H13NaO5S. The molecule has 0 radical (unpaired) electrons. The van der Waals surface area contributed by atoms with Crippen LogP contribution < -0.4 is 0 Å². The van der Waals surface area contributed by atoms with Crippen molar-refractivity contribution in [1.29, 1.82) is 0 Å². The van der Waals surface area contributed by atoms with Crippen molar-refractivity contribution in [3.63, 3.8) is 0 Å². The van der Waals surface area contributed by atoms with Gasteiger partial charge < -0.3 is 9.29 Å². The number of aliphatic hydroxyl groups is 1. The van der Waals surface area contributed by atoms with Crippen molar-refractivity contribution in [1.82, 2.24) is 0 Å². The predicted molar refractivity (Wildman–Crippen MR) is 53.5 cm³/mol. The summed E-state index contributed by atoms with van der Waals surface area (Å²) in [5.74, 6) is -1.33. The molecule has 0 heterocycles. The van der Waals surface area contributed by atoms with Gasteiger partial charge in [0.05, 0.1) is 5.75 Å². The molecule has 0 saturated carbocycles. The molecule has 0 fully saturated rings. The van der Waals surface area contributed by atoms with Crippen molar-refractivity contribution in [3.05, 3.63) is 12.2 Å². The van der Waals surface area contributed by atoms with Crippen molar-refractivity contribution in [2.75, 3.05) is 12.4 Å². The summed E-state index contributed by atoms with van der Waals surface area (Å²) < 4.78 is 25.9. The van der Waals surface area contributed by atoms with E-state index in [4.69, 9.17) is 5.11 Å². The fraction of sp³-hybridized carbons (Fsp3) is 0.571. The van der Waals surface area contributed by atoms with E-state index in [0.29, 0.717) is 0 Å². The molecule has 0 aromatic rings. The second-order valence-corrected chi connectivity index (χ2v) is 4.18. The first-order valence-corrected chi connectivity index (χ1v) is 5.19. The van der Waals surface area contributed by atoms with Gasteiger partial charge in [0.1, 0.15) is 0 Å². The molecule has 0 aliphatic carbocycles. The Labute approximate surface area is 106 Å². The van der Waals surface area contributed by atoms with E-state index in [1.807, 2.05) is 0 Å². The second kappa shape index (κ2) is 7.42. The number of aliphatic hydroxyl groups excluding tert-OH is 1. The van der Waals surface area contributed by atoms with E-state index in [0.717, 1.165) is 0 Å². The molecule has 7 heteroatoms. The third-order valence-corrected chi connectivity index (χ3v) is 2.30. The first kappa shape index (κ1) is 16.5. The van der Waals surface area contributed by atoms with E-state index in [1.54, 1.807) is 0 Å². The van der Waals surface area contributed by atoms with E-state index in [2.05, 4.69) is 10.8 Å². The predicted octanol–water partition coefficient (Wildman–Crippen LogP) is -0.831. The minimum absolute atomic E-state index is 0. The standard InChI is InChI=1S/C7H12O5S.Na.H/c1-6(2)7(9)12-13(10,11)5-3-4-8;;/h8H,1,3-5H2,2H3;;. The van der Waals surface area contributed by atoms with E-state index < -0.39 is 16.1 Å². The van der Waals surface area contributed by atoms with Crippen molar-refractivity contribution >= 4 is 45.6 Å². The van der Waals surface area contributed by atoms with Gasteiger partial charge in [0.25, 0.3) is 0 Å². The normalized spacial score (nSPS) is 10.1. The summed E-state index contributed by atoms with van der Waals surface area (Å²) in [6.45, 7) is 4.32. The number of rotatable bonds is 5. The Morgan fingerprint density at radius 3 is 2.36 bits per heavy atom. The third-order valence-electron chi connectivity index (χ3n) is 1.10. The topological polar surface area (TPSA) is 80.7 Å². The summed E-state index contributed by atoms with van der Waals surface area (Å²) in [7, 11) is -3.86. The molecule has 78 valence electrons. The van der Waals surface area contributed by atoms with Gasteiger partial charge in [-0.2, -0.15) is 8.42 Å². The van der Waals surface area contributed by atoms with Crippen LogP contribution in [0.1, 0.15) is 13.3 Å². The van der Waals surface area contributed by atoms with Crippen LogP contribution in [0.25, 0.3) is 0 Å². The monoisotopic (exact) mass is 232 g/mol. The molecule has 5 nitrogen and oxygen atoms in total. The fourth-order valence-electron chi connectivity index (χ4n) is 0.469. The van der Waals surface area contributed by atoms with Crippen LogP contribution in [0.4, 0.5) is 0 Å². The van der Waals surface area contributed by atoms with Crippen molar-refractivity contribution in [2.45, 2.75) is 13.3 Å². The molecule has 0 aromatic heterocycles. The van der Waals surface area contributed by atoms with E-state index in [9.17, 15) is 13.2 Å². The fourth-order valence-corrected chi connectivity index (χ4v) is 1.41. The van der Waals surface area contributed by atoms with E-state index in [-0.39, 0.29) is 53.9 Å². The van der Waals surface area contributed by atoms with Gasteiger partial charge in [-0.15, -0.1) is 0 Å². The first-order valence-electron chi connectivity index (χ1n) is 3.62. The molecule has 0 saturated heterocycles. The third kappa shape index (κ3) is 7.52. The Bertz CT molecular complexity index is 295. The average molecular weight is 232 g/mol. The molecule has 0 rings (SSSR count). The van der Waals surface area contributed by atoms with Crippen LogP contribution in [0.15, 0.2) is 12.2 Å². The van der Waals surface area contributed by atoms with Crippen molar-refractivity contribution in [2.24, 2.45) is 0 Å². The quantitative estimate of drug-likeness (QED) is 0.380. The van der Waals surface area contributed by atoms with Crippen LogP contribution in [0.5, 0.6) is 0 Å². The molecular weight excluding hydrogens is 219 g/mol. The number of carbonyl (C=O) groups is 1. The second-order valence-electron chi connectivity index (χ2n) is 2.49. The summed E-state index contributed by atoms with van der Waals surface area (Å²) in [6.07, 6.45) is 0.0474. The Kier molecular flexibility index (Phi) is 8.77. The Morgan fingerprint density at radius 1 is 1.50 bits per heavy atom. The molecule has 0 unspecified atom stereocenters. The molecule has 0 bridgehead atoms. The Hall–Kier alpha value is 0.120. The van der Waals surface area contributed by atoms with Gasteiger partial charge in [0.15, 0.2) is 0 Å². The first-order chi connectivity index (χ1) is 5.89. The molecule has 0 amide bonds. The summed E-state index contributed by atoms with van der Waals surface area (Å²) >= 11 is 0. The van der Waals surface area contributed by atoms with Crippen LogP contribution in [0, 0.1) is 0 Å². The van der Waals surface area contributed by atoms with E-state index in [1.165, 1.54) is 6.92 Å².